The molecule has 0 unspecified atom stereocenters. The zero-order valence-electron chi connectivity index (χ0n) is 11.6. The normalized spacial score (nSPS) is 11.4. The fourth-order valence-corrected chi connectivity index (χ4v) is 2.72. The van der Waals surface area contributed by atoms with E-state index in [1.807, 2.05) is 6.92 Å². The van der Waals surface area contributed by atoms with Crippen molar-refractivity contribution in [2.45, 2.75) is 25.3 Å². The highest BCUT2D eigenvalue weighted by atomic mass is 35.7. The van der Waals surface area contributed by atoms with Crippen molar-refractivity contribution in [2.75, 3.05) is 0 Å². The lowest BCUT2D eigenvalue weighted by atomic mass is 10.1. The Hall–Kier alpha value is -1.59. The van der Waals surface area contributed by atoms with E-state index in [4.69, 9.17) is 15.4 Å². The van der Waals surface area contributed by atoms with E-state index in [-0.39, 0.29) is 17.3 Å². The molecule has 0 atom stereocenters. The van der Waals surface area contributed by atoms with Crippen LogP contribution in [0.4, 0.5) is 4.39 Å². The second-order valence-electron chi connectivity index (χ2n) is 4.72. The molecule has 2 aromatic carbocycles. The third-order valence-corrected chi connectivity index (χ3v) is 4.47. The highest BCUT2D eigenvalue weighted by Crippen LogP contribution is 2.25. The lowest BCUT2D eigenvalue weighted by Crippen LogP contribution is -2.01. The zero-order chi connectivity index (χ0) is 15.6. The Morgan fingerprint density at radius 3 is 2.43 bits per heavy atom. The first kappa shape index (κ1) is 15.8. The fourth-order valence-electron chi connectivity index (χ4n) is 1.89. The van der Waals surface area contributed by atoms with Crippen LogP contribution in [-0.4, -0.2) is 8.42 Å². The second-order valence-corrected chi connectivity index (χ2v) is 7.29. The Morgan fingerprint density at radius 2 is 1.81 bits per heavy atom. The van der Waals surface area contributed by atoms with E-state index in [9.17, 15) is 12.8 Å². The molecule has 112 valence electrons. The number of hydrogen-bond donors (Lipinski definition) is 0. The first-order valence-corrected chi connectivity index (χ1v) is 8.51. The highest BCUT2D eigenvalue weighted by Gasteiger charge is 2.12. The van der Waals surface area contributed by atoms with Crippen LogP contribution in [0, 0.1) is 19.7 Å². The lowest BCUT2D eigenvalue weighted by Gasteiger charge is -2.11. The van der Waals surface area contributed by atoms with E-state index in [2.05, 4.69) is 0 Å². The number of halogens is 2. The second kappa shape index (κ2) is 6.03. The summed E-state index contributed by atoms with van der Waals surface area (Å²) in [4.78, 5) is 0.0240. The molecule has 3 nitrogen and oxygen atoms in total. The summed E-state index contributed by atoms with van der Waals surface area (Å²) in [5.74, 6) is 0.210. The van der Waals surface area contributed by atoms with E-state index < -0.39 is 9.05 Å². The third kappa shape index (κ3) is 3.95. The van der Waals surface area contributed by atoms with Gasteiger partial charge in [-0.3, -0.25) is 0 Å². The molecular formula is C15H14ClFO3S. The molecule has 0 aliphatic carbocycles. The zero-order valence-corrected chi connectivity index (χ0v) is 13.1. The van der Waals surface area contributed by atoms with Gasteiger partial charge in [0, 0.05) is 10.7 Å². The van der Waals surface area contributed by atoms with E-state index in [1.165, 1.54) is 24.3 Å². The van der Waals surface area contributed by atoms with Crippen molar-refractivity contribution in [2.24, 2.45) is 0 Å². The smallest absolute Gasteiger partial charge is 0.261 e. The Morgan fingerprint density at radius 1 is 1.10 bits per heavy atom. The fraction of sp³-hybridized carbons (Fsp3) is 0.200. The summed E-state index contributed by atoms with van der Waals surface area (Å²) in [5, 5.41) is 0. The molecule has 0 aliphatic rings. The summed E-state index contributed by atoms with van der Waals surface area (Å²) in [7, 11) is 1.53. The Balaban J connectivity index is 2.19. The van der Waals surface area contributed by atoms with E-state index in [0.29, 0.717) is 11.3 Å². The number of ether oxygens (including phenoxy) is 1. The molecule has 0 spiro atoms. The summed E-state index contributed by atoms with van der Waals surface area (Å²) in [6.07, 6.45) is 0. The van der Waals surface area contributed by atoms with E-state index in [1.54, 1.807) is 19.1 Å². The summed E-state index contributed by atoms with van der Waals surface area (Å²) in [6, 6.07) is 8.86. The van der Waals surface area contributed by atoms with Crippen LogP contribution in [0.5, 0.6) is 5.75 Å². The Labute approximate surface area is 127 Å². The van der Waals surface area contributed by atoms with Crippen molar-refractivity contribution in [3.8, 4) is 5.75 Å². The van der Waals surface area contributed by atoms with Crippen molar-refractivity contribution in [3.05, 3.63) is 58.9 Å². The van der Waals surface area contributed by atoms with Crippen molar-refractivity contribution in [1.29, 1.82) is 0 Å². The van der Waals surface area contributed by atoms with Crippen LogP contribution in [0.1, 0.15) is 16.7 Å². The van der Waals surface area contributed by atoms with Gasteiger partial charge in [-0.2, -0.15) is 0 Å². The molecule has 0 fully saturated rings. The molecule has 0 N–H and O–H groups in total. The molecule has 0 aliphatic heterocycles. The minimum absolute atomic E-state index is 0.0240. The average Bonchev–Trinajstić information content (AvgIpc) is 2.40. The molecule has 0 amide bonds. The van der Waals surface area contributed by atoms with Crippen LogP contribution >= 0.6 is 10.7 Å². The van der Waals surface area contributed by atoms with Gasteiger partial charge < -0.3 is 4.74 Å². The molecule has 0 saturated heterocycles. The first-order chi connectivity index (χ1) is 9.77. The van der Waals surface area contributed by atoms with Gasteiger partial charge in [0.25, 0.3) is 9.05 Å². The predicted molar refractivity (Wildman–Crippen MR) is 79.7 cm³/mol. The number of benzene rings is 2. The highest BCUT2D eigenvalue weighted by molar-refractivity contribution is 8.13. The van der Waals surface area contributed by atoms with Crippen LogP contribution in [0.15, 0.2) is 41.3 Å². The number of rotatable bonds is 4. The van der Waals surface area contributed by atoms with Gasteiger partial charge in [-0.05, 0) is 60.9 Å². The topological polar surface area (TPSA) is 43.4 Å². The van der Waals surface area contributed by atoms with Crippen LogP contribution in [0.25, 0.3) is 0 Å². The van der Waals surface area contributed by atoms with Crippen molar-refractivity contribution in [3.63, 3.8) is 0 Å². The molecule has 2 aromatic rings. The number of aryl methyl sites for hydroxylation is 2. The summed E-state index contributed by atoms with van der Waals surface area (Å²) in [6.45, 7) is 3.80. The van der Waals surface area contributed by atoms with Crippen LogP contribution in [0.3, 0.4) is 0 Å². The molecule has 6 heteroatoms. The van der Waals surface area contributed by atoms with Gasteiger partial charge in [0.1, 0.15) is 18.2 Å². The largest absolute Gasteiger partial charge is 0.489 e. The first-order valence-electron chi connectivity index (χ1n) is 6.20. The maximum atomic E-state index is 13.2. The Bertz CT molecular complexity index is 772. The molecule has 21 heavy (non-hydrogen) atoms. The standard InChI is InChI=1S/C15H14ClFO3S/c1-10-3-4-13(17)8-12(10)9-20-15-6-5-14(7-11(15)2)21(16,18)19/h3-8H,9H2,1-2H3. The third-order valence-electron chi connectivity index (χ3n) is 3.12. The van der Waals surface area contributed by atoms with E-state index in [0.717, 1.165) is 11.1 Å². The maximum Gasteiger partial charge on any atom is 0.261 e. The van der Waals surface area contributed by atoms with Crippen molar-refractivity contribution >= 4 is 19.7 Å². The van der Waals surface area contributed by atoms with Gasteiger partial charge in [-0.15, -0.1) is 0 Å². The molecule has 2 rings (SSSR count). The monoisotopic (exact) mass is 328 g/mol. The van der Waals surface area contributed by atoms with Gasteiger partial charge in [0.2, 0.25) is 0 Å². The molecule has 0 heterocycles. The van der Waals surface area contributed by atoms with Crippen molar-refractivity contribution < 1.29 is 17.5 Å². The molecule has 0 bridgehead atoms. The summed E-state index contributed by atoms with van der Waals surface area (Å²) >= 11 is 0. The summed E-state index contributed by atoms with van der Waals surface area (Å²) < 4.78 is 41.3. The lowest BCUT2D eigenvalue weighted by molar-refractivity contribution is 0.302. The average molecular weight is 329 g/mol. The van der Waals surface area contributed by atoms with Gasteiger partial charge >= 0.3 is 0 Å². The quantitative estimate of drug-likeness (QED) is 0.798. The number of hydrogen-bond acceptors (Lipinski definition) is 3. The molecular weight excluding hydrogens is 315 g/mol. The minimum Gasteiger partial charge on any atom is -0.489 e. The SMILES string of the molecule is Cc1ccc(F)cc1COc1ccc(S(=O)(=O)Cl)cc1C. The van der Waals surface area contributed by atoms with Gasteiger partial charge in [-0.1, -0.05) is 6.07 Å². The van der Waals surface area contributed by atoms with Crippen molar-refractivity contribution in [1.82, 2.24) is 0 Å². The van der Waals surface area contributed by atoms with Gasteiger partial charge in [-0.25, -0.2) is 12.8 Å². The maximum absolute atomic E-state index is 13.2. The van der Waals surface area contributed by atoms with Crippen LogP contribution in [-0.2, 0) is 15.7 Å². The Kier molecular flexibility index (Phi) is 4.54. The van der Waals surface area contributed by atoms with Crippen LogP contribution < -0.4 is 4.74 Å². The molecule has 0 aromatic heterocycles. The predicted octanol–water partition coefficient (Wildman–Crippen LogP) is 3.95. The summed E-state index contributed by atoms with van der Waals surface area (Å²) in [5.41, 5.74) is 2.31. The van der Waals surface area contributed by atoms with Crippen LogP contribution in [0.2, 0.25) is 0 Å². The molecule has 0 radical (unpaired) electrons. The minimum atomic E-state index is -3.75. The molecule has 0 saturated carbocycles. The van der Waals surface area contributed by atoms with Gasteiger partial charge in [0.05, 0.1) is 4.90 Å². The van der Waals surface area contributed by atoms with E-state index >= 15 is 0 Å². The van der Waals surface area contributed by atoms with Gasteiger partial charge in [0.15, 0.2) is 0 Å².